The molecule has 0 fully saturated rings. The first-order valence-corrected chi connectivity index (χ1v) is 10.5. The Hall–Kier alpha value is -2.91. The lowest BCUT2D eigenvalue weighted by molar-refractivity contribution is -0.139. The Morgan fingerprint density at radius 2 is 1.72 bits per heavy atom. The Morgan fingerprint density at radius 3 is 2.34 bits per heavy atom. The van der Waals surface area contributed by atoms with Crippen LogP contribution in [0.3, 0.4) is 0 Å². The minimum absolute atomic E-state index is 0.00281. The van der Waals surface area contributed by atoms with E-state index in [0.717, 1.165) is 11.1 Å². The molecule has 3 N–H and O–H groups in total. The Morgan fingerprint density at radius 1 is 1.07 bits per heavy atom. The number of ether oxygens (including phenoxy) is 1. The maximum absolute atomic E-state index is 12.4. The first kappa shape index (κ1) is 22.4. The molecule has 0 aromatic heterocycles. The van der Waals surface area contributed by atoms with Crippen LogP contribution in [0.25, 0.3) is 0 Å². The number of alkyl carbamates (subject to hydrolysis) is 1. The summed E-state index contributed by atoms with van der Waals surface area (Å²) in [6, 6.07) is 14.0. The zero-order chi connectivity index (χ0) is 21.3. The van der Waals surface area contributed by atoms with Crippen molar-refractivity contribution >= 4 is 22.1 Å². The third-order valence-electron chi connectivity index (χ3n) is 4.08. The normalized spacial score (nSPS) is 12.2. The molecular formula is C20H24N2O6S. The van der Waals surface area contributed by atoms with E-state index in [0.29, 0.717) is 0 Å². The predicted molar refractivity (Wildman–Crippen MR) is 107 cm³/mol. The van der Waals surface area contributed by atoms with E-state index in [1.165, 1.54) is 12.1 Å². The number of carbonyl (C=O) groups is 2. The molecular weight excluding hydrogens is 396 g/mol. The van der Waals surface area contributed by atoms with E-state index in [1.807, 2.05) is 37.3 Å². The lowest BCUT2D eigenvalue weighted by Crippen LogP contribution is -2.41. The lowest BCUT2D eigenvalue weighted by atomic mass is 10.2. The summed E-state index contributed by atoms with van der Waals surface area (Å²) < 4.78 is 32.0. The van der Waals surface area contributed by atoms with E-state index >= 15 is 0 Å². The Kier molecular flexibility index (Phi) is 8.17. The fourth-order valence-corrected chi connectivity index (χ4v) is 3.70. The van der Waals surface area contributed by atoms with E-state index in [9.17, 15) is 23.1 Å². The molecule has 0 aliphatic heterocycles. The van der Waals surface area contributed by atoms with Crippen molar-refractivity contribution in [2.45, 2.75) is 37.3 Å². The van der Waals surface area contributed by atoms with Gasteiger partial charge in [0, 0.05) is 6.54 Å². The molecule has 0 aliphatic carbocycles. The van der Waals surface area contributed by atoms with Crippen molar-refractivity contribution in [3.05, 3.63) is 65.7 Å². The third kappa shape index (κ3) is 7.55. The highest BCUT2D eigenvalue weighted by molar-refractivity contribution is 7.89. The van der Waals surface area contributed by atoms with Gasteiger partial charge < -0.3 is 15.2 Å². The van der Waals surface area contributed by atoms with Gasteiger partial charge in [-0.3, -0.25) is 4.79 Å². The van der Waals surface area contributed by atoms with Gasteiger partial charge in [-0.05, 0) is 37.5 Å². The van der Waals surface area contributed by atoms with Crippen LogP contribution in [0, 0.1) is 6.92 Å². The van der Waals surface area contributed by atoms with Gasteiger partial charge in [-0.1, -0.05) is 48.0 Å². The molecule has 2 aromatic rings. The number of sulfonamides is 1. The van der Waals surface area contributed by atoms with Gasteiger partial charge in [-0.25, -0.2) is 13.2 Å². The molecule has 2 aromatic carbocycles. The minimum atomic E-state index is -3.96. The van der Waals surface area contributed by atoms with Crippen LogP contribution in [0.4, 0.5) is 4.79 Å². The summed E-state index contributed by atoms with van der Waals surface area (Å²) in [7, 11) is -3.96. The number of rotatable bonds is 10. The summed E-state index contributed by atoms with van der Waals surface area (Å²) in [6.45, 7) is 2.10. The van der Waals surface area contributed by atoms with Gasteiger partial charge in [0.05, 0.1) is 4.90 Å². The van der Waals surface area contributed by atoms with Crippen molar-refractivity contribution in [1.29, 1.82) is 0 Å². The molecule has 0 radical (unpaired) electrons. The van der Waals surface area contributed by atoms with Crippen LogP contribution >= 0.6 is 0 Å². The summed E-state index contributed by atoms with van der Waals surface area (Å²) >= 11 is 0. The largest absolute Gasteiger partial charge is 0.480 e. The van der Waals surface area contributed by atoms with Crippen LogP contribution in [0.2, 0.25) is 0 Å². The van der Waals surface area contributed by atoms with Gasteiger partial charge in [0.2, 0.25) is 10.0 Å². The highest BCUT2D eigenvalue weighted by Gasteiger charge is 2.25. The second-order valence-electron chi connectivity index (χ2n) is 6.46. The molecule has 29 heavy (non-hydrogen) atoms. The third-order valence-corrected chi connectivity index (χ3v) is 5.57. The van der Waals surface area contributed by atoms with Gasteiger partial charge in [-0.15, -0.1) is 0 Å². The number of hydrogen-bond acceptors (Lipinski definition) is 5. The molecule has 156 valence electrons. The van der Waals surface area contributed by atoms with Crippen molar-refractivity contribution in [3.8, 4) is 0 Å². The standard InChI is InChI=1S/C20H24N2O6S/c1-15-9-11-17(12-10-15)29(26,27)22-18(19(23)24)8-5-13-21-20(25)28-14-16-6-3-2-4-7-16/h2-4,6-7,9-12,18,22H,5,8,13-14H2,1H3,(H,21,25)(H,23,24)/t18-/m1/s1. The monoisotopic (exact) mass is 420 g/mol. The van der Waals surface area contributed by atoms with Gasteiger partial charge in [0.25, 0.3) is 0 Å². The molecule has 1 atom stereocenters. The van der Waals surface area contributed by atoms with Crippen LogP contribution in [0.1, 0.15) is 24.0 Å². The summed E-state index contributed by atoms with van der Waals surface area (Å²) in [4.78, 5) is 23.1. The van der Waals surface area contributed by atoms with Crippen molar-refractivity contribution in [1.82, 2.24) is 10.0 Å². The Bertz CT molecular complexity index is 914. The van der Waals surface area contributed by atoms with Crippen LogP contribution in [0.15, 0.2) is 59.5 Å². The van der Waals surface area contributed by atoms with E-state index in [-0.39, 0.29) is 30.9 Å². The topological polar surface area (TPSA) is 122 Å². The van der Waals surface area contributed by atoms with Gasteiger partial charge in [-0.2, -0.15) is 4.72 Å². The molecule has 9 heteroatoms. The second-order valence-corrected chi connectivity index (χ2v) is 8.17. The first-order valence-electron chi connectivity index (χ1n) is 9.04. The van der Waals surface area contributed by atoms with Crippen LogP contribution in [-0.4, -0.2) is 38.2 Å². The van der Waals surface area contributed by atoms with Gasteiger partial charge in [0.1, 0.15) is 12.6 Å². The zero-order valence-corrected chi connectivity index (χ0v) is 16.8. The zero-order valence-electron chi connectivity index (χ0n) is 16.0. The summed E-state index contributed by atoms with van der Waals surface area (Å²) in [5, 5.41) is 11.8. The number of aliphatic carboxylic acids is 1. The summed E-state index contributed by atoms with van der Waals surface area (Å²) in [6.07, 6.45) is -0.353. The molecule has 0 bridgehead atoms. The van der Waals surface area contributed by atoms with Crippen LogP contribution < -0.4 is 10.0 Å². The average Bonchev–Trinajstić information content (AvgIpc) is 2.69. The van der Waals surface area contributed by atoms with Crippen LogP contribution in [-0.2, 0) is 26.2 Å². The van der Waals surface area contributed by atoms with Crippen molar-refractivity contribution in [2.24, 2.45) is 0 Å². The Balaban J connectivity index is 1.78. The molecule has 0 heterocycles. The highest BCUT2D eigenvalue weighted by atomic mass is 32.2. The van der Waals surface area contributed by atoms with E-state index in [2.05, 4.69) is 10.0 Å². The highest BCUT2D eigenvalue weighted by Crippen LogP contribution is 2.12. The molecule has 0 unspecified atom stereocenters. The quantitative estimate of drug-likeness (QED) is 0.508. The molecule has 0 spiro atoms. The Labute approximate surface area is 169 Å². The SMILES string of the molecule is Cc1ccc(S(=O)(=O)N[C@H](CCCNC(=O)OCc2ccccc2)C(=O)O)cc1. The molecule has 0 saturated heterocycles. The fraction of sp³-hybridized carbons (Fsp3) is 0.300. The van der Waals surface area contributed by atoms with Crippen molar-refractivity contribution in [3.63, 3.8) is 0 Å². The molecule has 8 nitrogen and oxygen atoms in total. The first-order chi connectivity index (χ1) is 13.8. The van der Waals surface area contributed by atoms with E-state index < -0.39 is 28.1 Å². The lowest BCUT2D eigenvalue weighted by Gasteiger charge is -2.15. The molecule has 0 aliphatic rings. The van der Waals surface area contributed by atoms with Gasteiger partial charge in [0.15, 0.2) is 0 Å². The summed E-state index contributed by atoms with van der Waals surface area (Å²) in [5.41, 5.74) is 1.74. The average molecular weight is 420 g/mol. The number of carbonyl (C=O) groups excluding carboxylic acids is 1. The van der Waals surface area contributed by atoms with Crippen molar-refractivity contribution < 1.29 is 27.9 Å². The predicted octanol–water partition coefficient (Wildman–Crippen LogP) is 2.43. The minimum Gasteiger partial charge on any atom is -0.480 e. The van der Waals surface area contributed by atoms with Crippen molar-refractivity contribution in [2.75, 3.05) is 6.54 Å². The molecule has 0 saturated carbocycles. The number of hydrogen-bond donors (Lipinski definition) is 3. The summed E-state index contributed by atoms with van der Waals surface area (Å²) in [5.74, 6) is -1.28. The number of carboxylic acids is 1. The molecule has 1 amide bonds. The maximum atomic E-state index is 12.4. The number of aryl methyl sites for hydroxylation is 1. The maximum Gasteiger partial charge on any atom is 0.407 e. The number of benzene rings is 2. The number of nitrogens with one attached hydrogen (secondary N) is 2. The second kappa shape index (κ2) is 10.6. The van der Waals surface area contributed by atoms with Gasteiger partial charge >= 0.3 is 12.1 Å². The number of carboxylic acid groups (broad SMARTS) is 1. The smallest absolute Gasteiger partial charge is 0.407 e. The van der Waals surface area contributed by atoms with E-state index in [4.69, 9.17) is 4.74 Å². The van der Waals surface area contributed by atoms with E-state index in [1.54, 1.807) is 12.1 Å². The fourth-order valence-electron chi connectivity index (χ4n) is 2.48. The van der Waals surface area contributed by atoms with Crippen LogP contribution in [0.5, 0.6) is 0 Å². The number of amides is 1. The molecule has 2 rings (SSSR count).